The molecule has 5 heteroatoms. The molecule has 52 valence electrons. The van der Waals surface area contributed by atoms with Crippen LogP contribution in [0.4, 0.5) is 0 Å². The Bertz CT molecular complexity index is 223. The second-order valence-corrected chi connectivity index (χ2v) is 2.26. The Morgan fingerprint density at radius 1 is 1.60 bits per heavy atom. The van der Waals surface area contributed by atoms with Crippen molar-refractivity contribution in [1.29, 1.82) is 0 Å². The monoisotopic (exact) mass is 155 g/mol. The van der Waals surface area contributed by atoms with E-state index in [-0.39, 0.29) is 5.69 Å². The third kappa shape index (κ3) is 1.51. The van der Waals surface area contributed by atoms with Gasteiger partial charge in [0.1, 0.15) is 5.69 Å². The molecule has 0 N–H and O–H groups in total. The molecule has 0 aliphatic heterocycles. The number of carbonyl (C=O) groups excluding carboxylic acids is 1. The molecule has 0 spiro atoms. The van der Waals surface area contributed by atoms with Crippen molar-refractivity contribution >= 4 is 18.0 Å². The third-order valence-corrected chi connectivity index (χ3v) is 1.41. The molecule has 0 radical (unpaired) electrons. The smallest absolute Gasteiger partial charge is 0.208 e. The molecule has 0 aliphatic carbocycles. The normalized spacial score (nSPS) is 9.30. The van der Waals surface area contributed by atoms with Crippen LogP contribution in [0.25, 0.3) is 0 Å². The van der Waals surface area contributed by atoms with Crippen molar-refractivity contribution in [2.75, 3.05) is 6.26 Å². The quantitative estimate of drug-likeness (QED) is 0.457. The Balaban J connectivity index is 2.90. The molecule has 4 nitrogen and oxygen atoms in total. The lowest BCUT2D eigenvalue weighted by molar-refractivity contribution is 0.111. The van der Waals surface area contributed by atoms with Gasteiger partial charge in [0.25, 0.3) is 0 Å². The summed E-state index contributed by atoms with van der Waals surface area (Å²) in [6, 6.07) is 0. The Hall–Kier alpha value is -0.970. The highest BCUT2D eigenvalue weighted by Crippen LogP contribution is 2.03. The van der Waals surface area contributed by atoms with E-state index >= 15 is 0 Å². The van der Waals surface area contributed by atoms with Gasteiger partial charge in [0.15, 0.2) is 6.29 Å². The van der Waals surface area contributed by atoms with Gasteiger partial charge in [-0.15, -0.1) is 10.2 Å². The van der Waals surface area contributed by atoms with Crippen LogP contribution in [-0.4, -0.2) is 27.7 Å². The van der Waals surface area contributed by atoms with E-state index in [1.165, 1.54) is 18.0 Å². The van der Waals surface area contributed by atoms with E-state index in [4.69, 9.17) is 0 Å². The number of aromatic nitrogens is 3. The van der Waals surface area contributed by atoms with Crippen LogP contribution in [0.1, 0.15) is 10.5 Å². The van der Waals surface area contributed by atoms with Gasteiger partial charge in [-0.3, -0.25) is 4.79 Å². The highest BCUT2D eigenvalue weighted by molar-refractivity contribution is 7.98. The van der Waals surface area contributed by atoms with Gasteiger partial charge < -0.3 is 0 Å². The molecule has 1 rings (SSSR count). The Kier molecular flexibility index (Phi) is 2.33. The van der Waals surface area contributed by atoms with Crippen LogP contribution >= 0.6 is 11.8 Å². The number of rotatable bonds is 2. The summed E-state index contributed by atoms with van der Waals surface area (Å²) in [5.41, 5.74) is 0.262. The van der Waals surface area contributed by atoms with Crippen molar-refractivity contribution in [3.05, 3.63) is 11.9 Å². The SMILES string of the molecule is CSc1ncc(C=O)nn1. The third-order valence-electron chi connectivity index (χ3n) is 0.862. The second-order valence-electron chi connectivity index (χ2n) is 1.49. The first-order valence-corrected chi connectivity index (χ1v) is 3.78. The number of aldehydes is 1. The lowest BCUT2D eigenvalue weighted by atomic mass is 10.5. The molecule has 1 aromatic rings. The summed E-state index contributed by atoms with van der Waals surface area (Å²) in [7, 11) is 0. The first-order chi connectivity index (χ1) is 4.86. The minimum absolute atomic E-state index is 0.262. The summed E-state index contributed by atoms with van der Waals surface area (Å²) in [6.07, 6.45) is 3.85. The van der Waals surface area contributed by atoms with E-state index in [1.54, 1.807) is 0 Å². The molecule has 0 saturated carbocycles. The maximum Gasteiger partial charge on any atom is 0.208 e. The largest absolute Gasteiger partial charge is 0.296 e. The fraction of sp³-hybridized carbons (Fsp3) is 0.200. The maximum atomic E-state index is 10.1. The molecule has 0 unspecified atom stereocenters. The van der Waals surface area contributed by atoms with Crippen molar-refractivity contribution in [3.8, 4) is 0 Å². The average Bonchev–Trinajstić information content (AvgIpc) is 2.05. The van der Waals surface area contributed by atoms with Crippen molar-refractivity contribution < 1.29 is 4.79 Å². The van der Waals surface area contributed by atoms with Crippen LogP contribution in [0, 0.1) is 0 Å². The van der Waals surface area contributed by atoms with Crippen LogP contribution in [0.3, 0.4) is 0 Å². The average molecular weight is 155 g/mol. The van der Waals surface area contributed by atoms with Gasteiger partial charge in [-0.2, -0.15) is 0 Å². The number of thioether (sulfide) groups is 1. The second kappa shape index (κ2) is 3.26. The number of carbonyl (C=O) groups is 1. The molecule has 10 heavy (non-hydrogen) atoms. The van der Waals surface area contributed by atoms with Crippen LogP contribution < -0.4 is 0 Å². The summed E-state index contributed by atoms with van der Waals surface area (Å²) in [4.78, 5) is 13.9. The van der Waals surface area contributed by atoms with Crippen LogP contribution in [0.5, 0.6) is 0 Å². The Morgan fingerprint density at radius 2 is 2.40 bits per heavy atom. The topological polar surface area (TPSA) is 55.7 Å². The molecule has 1 heterocycles. The van der Waals surface area contributed by atoms with E-state index in [1.807, 2.05) is 6.26 Å². The predicted molar refractivity (Wildman–Crippen MR) is 37.0 cm³/mol. The lowest BCUT2D eigenvalue weighted by Gasteiger charge is -1.89. The van der Waals surface area contributed by atoms with Gasteiger partial charge in [-0.1, -0.05) is 11.8 Å². The zero-order valence-electron chi connectivity index (χ0n) is 5.31. The van der Waals surface area contributed by atoms with E-state index in [0.29, 0.717) is 11.4 Å². The van der Waals surface area contributed by atoms with Gasteiger partial charge in [0.2, 0.25) is 5.16 Å². The van der Waals surface area contributed by atoms with Gasteiger partial charge in [0.05, 0.1) is 6.20 Å². The summed E-state index contributed by atoms with van der Waals surface area (Å²) < 4.78 is 0. The zero-order chi connectivity index (χ0) is 7.40. The van der Waals surface area contributed by atoms with Gasteiger partial charge >= 0.3 is 0 Å². The number of nitrogens with zero attached hydrogens (tertiary/aromatic N) is 3. The van der Waals surface area contributed by atoms with Crippen LogP contribution in [0.2, 0.25) is 0 Å². The summed E-state index contributed by atoms with van der Waals surface area (Å²) in [5.74, 6) is 0. The van der Waals surface area contributed by atoms with Crippen LogP contribution in [-0.2, 0) is 0 Å². The number of hydrogen-bond donors (Lipinski definition) is 0. The fourth-order valence-electron chi connectivity index (χ4n) is 0.421. The van der Waals surface area contributed by atoms with Crippen molar-refractivity contribution in [2.45, 2.75) is 5.16 Å². The molecule has 0 aromatic carbocycles. The molecule has 0 aliphatic rings. The molecule has 0 atom stereocenters. The Labute approximate surface area is 62.1 Å². The van der Waals surface area contributed by atoms with Crippen LogP contribution in [0.15, 0.2) is 11.4 Å². The van der Waals surface area contributed by atoms with Gasteiger partial charge in [0, 0.05) is 0 Å². The van der Waals surface area contributed by atoms with E-state index in [9.17, 15) is 4.79 Å². The first kappa shape index (κ1) is 7.14. The highest BCUT2D eigenvalue weighted by Gasteiger charge is 1.94. The summed E-state index contributed by atoms with van der Waals surface area (Å²) >= 11 is 1.39. The summed E-state index contributed by atoms with van der Waals surface area (Å²) in [5, 5.41) is 7.78. The highest BCUT2D eigenvalue weighted by atomic mass is 32.2. The molecule has 0 amide bonds. The van der Waals surface area contributed by atoms with Crippen molar-refractivity contribution in [3.63, 3.8) is 0 Å². The molecular weight excluding hydrogens is 150 g/mol. The molecule has 0 saturated heterocycles. The van der Waals surface area contributed by atoms with Gasteiger partial charge in [-0.25, -0.2) is 4.98 Å². The Morgan fingerprint density at radius 3 is 2.80 bits per heavy atom. The van der Waals surface area contributed by atoms with E-state index in [0.717, 1.165) is 0 Å². The standard InChI is InChI=1S/C5H5N3OS/c1-10-5-6-2-4(3-9)7-8-5/h2-3H,1H3. The minimum atomic E-state index is 0.262. The first-order valence-electron chi connectivity index (χ1n) is 2.55. The minimum Gasteiger partial charge on any atom is -0.296 e. The molecule has 0 fully saturated rings. The fourth-order valence-corrected chi connectivity index (χ4v) is 0.702. The maximum absolute atomic E-state index is 10.1. The lowest BCUT2D eigenvalue weighted by Crippen LogP contribution is -1.94. The molecule has 1 aromatic heterocycles. The van der Waals surface area contributed by atoms with Gasteiger partial charge in [-0.05, 0) is 6.26 Å². The number of hydrogen-bond acceptors (Lipinski definition) is 5. The summed E-state index contributed by atoms with van der Waals surface area (Å²) in [6.45, 7) is 0. The molecule has 0 bridgehead atoms. The van der Waals surface area contributed by atoms with E-state index in [2.05, 4.69) is 15.2 Å². The predicted octanol–water partition coefficient (Wildman–Crippen LogP) is 0.406. The molecular formula is C5H5N3OS. The zero-order valence-corrected chi connectivity index (χ0v) is 6.13. The van der Waals surface area contributed by atoms with E-state index < -0.39 is 0 Å². The van der Waals surface area contributed by atoms with Crippen molar-refractivity contribution in [2.24, 2.45) is 0 Å². The van der Waals surface area contributed by atoms with Crippen molar-refractivity contribution in [1.82, 2.24) is 15.2 Å².